The Bertz CT molecular complexity index is 379. The van der Waals surface area contributed by atoms with E-state index in [0.717, 1.165) is 23.7 Å². The summed E-state index contributed by atoms with van der Waals surface area (Å²) in [5.41, 5.74) is 0.990. The molecule has 19 heavy (non-hydrogen) atoms. The maximum absolute atomic E-state index is 6.54. The molecule has 0 spiro atoms. The SMILES string of the molecule is C[C@H]1C(C)(C)[C@@H]2[C@@H]3OC(C)(C)C[C@@H]3CC[C@H]2C1(C)C. The lowest BCUT2D eigenvalue weighted by atomic mass is 9.64. The zero-order valence-corrected chi connectivity index (χ0v) is 13.9. The van der Waals surface area contributed by atoms with Crippen LogP contribution in [0.5, 0.6) is 0 Å². The molecule has 0 amide bonds. The van der Waals surface area contributed by atoms with E-state index in [1.807, 2.05) is 0 Å². The van der Waals surface area contributed by atoms with Crippen LogP contribution in [0.1, 0.15) is 67.7 Å². The standard InChI is InChI=1S/C18H32O/c1-11-17(4,5)13-9-8-12-10-16(2,3)19-15(12)14(13)18(11,6)7/h11-15H,8-10H2,1-7H3/t11-,12+,13-,14+,15-/m1/s1. The van der Waals surface area contributed by atoms with Gasteiger partial charge in [0.1, 0.15) is 0 Å². The van der Waals surface area contributed by atoms with Crippen molar-refractivity contribution in [3.8, 4) is 0 Å². The molecule has 2 saturated carbocycles. The van der Waals surface area contributed by atoms with Crippen molar-refractivity contribution in [3.63, 3.8) is 0 Å². The molecule has 110 valence electrons. The Balaban J connectivity index is 1.99. The lowest BCUT2D eigenvalue weighted by Gasteiger charge is -2.43. The van der Waals surface area contributed by atoms with Crippen LogP contribution in [0.4, 0.5) is 0 Å². The fourth-order valence-electron chi connectivity index (χ4n) is 6.04. The first-order chi connectivity index (χ1) is 8.57. The van der Waals surface area contributed by atoms with Crippen LogP contribution in [0.25, 0.3) is 0 Å². The van der Waals surface area contributed by atoms with Crippen LogP contribution in [0.3, 0.4) is 0 Å². The summed E-state index contributed by atoms with van der Waals surface area (Å²) in [4.78, 5) is 0. The summed E-state index contributed by atoms with van der Waals surface area (Å²) in [5, 5.41) is 0. The second-order valence-corrected chi connectivity index (χ2v) is 9.38. The zero-order chi connectivity index (χ0) is 14.2. The second kappa shape index (κ2) is 3.78. The molecule has 2 aliphatic carbocycles. The molecule has 0 bridgehead atoms. The normalized spacial score (nSPS) is 49.7. The van der Waals surface area contributed by atoms with Crippen molar-refractivity contribution in [1.29, 1.82) is 0 Å². The third kappa shape index (κ3) is 1.76. The topological polar surface area (TPSA) is 9.23 Å². The molecule has 0 N–H and O–H groups in total. The first kappa shape index (κ1) is 13.9. The van der Waals surface area contributed by atoms with Crippen LogP contribution in [0, 0.1) is 34.5 Å². The fourth-order valence-corrected chi connectivity index (χ4v) is 6.04. The van der Waals surface area contributed by atoms with Crippen LogP contribution in [-0.4, -0.2) is 11.7 Å². The van der Waals surface area contributed by atoms with Crippen LogP contribution >= 0.6 is 0 Å². The van der Waals surface area contributed by atoms with Crippen molar-refractivity contribution in [1.82, 2.24) is 0 Å². The smallest absolute Gasteiger partial charge is 0.0647 e. The van der Waals surface area contributed by atoms with Gasteiger partial charge < -0.3 is 4.74 Å². The number of ether oxygens (including phenoxy) is 1. The molecule has 3 aliphatic rings. The van der Waals surface area contributed by atoms with E-state index in [1.54, 1.807) is 0 Å². The van der Waals surface area contributed by atoms with Gasteiger partial charge in [-0.3, -0.25) is 0 Å². The molecular weight excluding hydrogens is 232 g/mol. The summed E-state index contributed by atoms with van der Waals surface area (Å²) in [6.07, 6.45) is 4.60. The van der Waals surface area contributed by atoms with Crippen molar-refractivity contribution in [2.45, 2.75) is 79.4 Å². The van der Waals surface area contributed by atoms with Crippen molar-refractivity contribution in [2.75, 3.05) is 0 Å². The van der Waals surface area contributed by atoms with Gasteiger partial charge in [-0.1, -0.05) is 34.6 Å². The average Bonchev–Trinajstić information content (AvgIpc) is 2.65. The predicted molar refractivity (Wildman–Crippen MR) is 80.0 cm³/mol. The van der Waals surface area contributed by atoms with Crippen molar-refractivity contribution in [3.05, 3.63) is 0 Å². The van der Waals surface area contributed by atoms with Crippen LogP contribution < -0.4 is 0 Å². The third-order valence-electron chi connectivity index (χ3n) is 7.36. The molecule has 1 heteroatoms. The number of fused-ring (bicyclic) bond motifs is 3. The molecule has 1 heterocycles. The highest BCUT2D eigenvalue weighted by molar-refractivity contribution is 5.12. The van der Waals surface area contributed by atoms with E-state index in [1.165, 1.54) is 19.3 Å². The first-order valence-corrected chi connectivity index (χ1v) is 8.25. The van der Waals surface area contributed by atoms with Gasteiger partial charge in [0.25, 0.3) is 0 Å². The van der Waals surface area contributed by atoms with Gasteiger partial charge in [0.2, 0.25) is 0 Å². The molecule has 0 aromatic carbocycles. The molecule has 0 unspecified atom stereocenters. The Morgan fingerprint density at radius 2 is 1.53 bits per heavy atom. The second-order valence-electron chi connectivity index (χ2n) is 9.38. The highest BCUT2D eigenvalue weighted by Crippen LogP contribution is 2.67. The first-order valence-electron chi connectivity index (χ1n) is 8.25. The van der Waals surface area contributed by atoms with E-state index in [2.05, 4.69) is 48.5 Å². The lowest BCUT2D eigenvalue weighted by Crippen LogP contribution is -2.42. The highest BCUT2D eigenvalue weighted by atomic mass is 16.5. The summed E-state index contributed by atoms with van der Waals surface area (Å²) in [5.74, 6) is 3.21. The quantitative estimate of drug-likeness (QED) is 0.605. The Hall–Kier alpha value is -0.0400. The van der Waals surface area contributed by atoms with Crippen LogP contribution in [0.2, 0.25) is 0 Å². The Kier molecular flexibility index (Phi) is 2.77. The molecule has 0 aromatic heterocycles. The van der Waals surface area contributed by atoms with Gasteiger partial charge in [-0.25, -0.2) is 0 Å². The van der Waals surface area contributed by atoms with Gasteiger partial charge in [-0.2, -0.15) is 0 Å². The molecule has 3 rings (SSSR count). The van der Waals surface area contributed by atoms with Crippen molar-refractivity contribution >= 4 is 0 Å². The number of hydrogen-bond acceptors (Lipinski definition) is 1. The molecule has 0 aromatic rings. The molecule has 5 atom stereocenters. The zero-order valence-electron chi connectivity index (χ0n) is 13.9. The van der Waals surface area contributed by atoms with Gasteiger partial charge in [-0.05, 0) is 67.6 Å². The molecule has 1 saturated heterocycles. The van der Waals surface area contributed by atoms with E-state index < -0.39 is 0 Å². The minimum absolute atomic E-state index is 0.107. The van der Waals surface area contributed by atoms with Gasteiger partial charge in [0, 0.05) is 0 Å². The molecule has 3 fully saturated rings. The van der Waals surface area contributed by atoms with Gasteiger partial charge >= 0.3 is 0 Å². The Morgan fingerprint density at radius 3 is 2.16 bits per heavy atom. The highest BCUT2D eigenvalue weighted by Gasteiger charge is 2.64. The third-order valence-corrected chi connectivity index (χ3v) is 7.36. The van der Waals surface area contributed by atoms with E-state index in [-0.39, 0.29) is 5.60 Å². The van der Waals surface area contributed by atoms with Gasteiger partial charge in [0.15, 0.2) is 0 Å². The molecule has 0 radical (unpaired) electrons. The van der Waals surface area contributed by atoms with Crippen LogP contribution in [0.15, 0.2) is 0 Å². The van der Waals surface area contributed by atoms with E-state index in [4.69, 9.17) is 4.74 Å². The van der Waals surface area contributed by atoms with E-state index >= 15 is 0 Å². The maximum Gasteiger partial charge on any atom is 0.0647 e. The Labute approximate surface area is 119 Å². The number of hydrogen-bond donors (Lipinski definition) is 0. The summed E-state index contributed by atoms with van der Waals surface area (Å²) < 4.78 is 6.54. The molecule has 1 nitrogen and oxygen atoms in total. The van der Waals surface area contributed by atoms with Crippen molar-refractivity contribution < 1.29 is 4.74 Å². The largest absolute Gasteiger partial charge is 0.372 e. The number of rotatable bonds is 0. The fraction of sp³-hybridized carbons (Fsp3) is 1.00. The van der Waals surface area contributed by atoms with E-state index in [9.17, 15) is 0 Å². The van der Waals surface area contributed by atoms with Crippen LogP contribution in [-0.2, 0) is 4.74 Å². The molecular formula is C18H32O. The van der Waals surface area contributed by atoms with Gasteiger partial charge in [-0.15, -0.1) is 0 Å². The summed E-state index contributed by atoms with van der Waals surface area (Å²) in [6, 6.07) is 0. The summed E-state index contributed by atoms with van der Waals surface area (Å²) in [6.45, 7) is 17.1. The average molecular weight is 264 g/mol. The minimum atomic E-state index is 0.107. The predicted octanol–water partition coefficient (Wildman–Crippen LogP) is 4.90. The lowest BCUT2D eigenvalue weighted by molar-refractivity contribution is -0.0952. The van der Waals surface area contributed by atoms with E-state index in [0.29, 0.717) is 16.9 Å². The molecule has 1 aliphatic heterocycles. The summed E-state index contributed by atoms with van der Waals surface area (Å²) >= 11 is 0. The minimum Gasteiger partial charge on any atom is -0.372 e. The summed E-state index contributed by atoms with van der Waals surface area (Å²) in [7, 11) is 0. The maximum atomic E-state index is 6.54. The van der Waals surface area contributed by atoms with Gasteiger partial charge in [0.05, 0.1) is 11.7 Å². The monoisotopic (exact) mass is 264 g/mol. The van der Waals surface area contributed by atoms with Crippen molar-refractivity contribution in [2.24, 2.45) is 34.5 Å². The Morgan fingerprint density at radius 1 is 0.895 bits per heavy atom.